The van der Waals surface area contributed by atoms with Gasteiger partial charge in [-0.25, -0.2) is 0 Å². The second kappa shape index (κ2) is 6.31. The number of carbonyl (C=O) groups excluding carboxylic acids is 1. The smallest absolute Gasteiger partial charge is 0.315 e. The van der Waals surface area contributed by atoms with Gasteiger partial charge in [0.25, 0.3) is 0 Å². The molecule has 6 heteroatoms. The SMILES string of the molecule is COc1cc(C#N)ccc1OC(=O)Cc1c(C)nn(C)c1C. The molecular formula is C16H17N3O3. The van der Waals surface area contributed by atoms with E-state index in [0.29, 0.717) is 17.1 Å². The molecular weight excluding hydrogens is 282 g/mol. The average molecular weight is 299 g/mol. The molecule has 1 aromatic carbocycles. The molecule has 0 aliphatic carbocycles. The summed E-state index contributed by atoms with van der Waals surface area (Å²) in [5.74, 6) is 0.250. The predicted octanol–water partition coefficient (Wildman–Crippen LogP) is 2.07. The maximum Gasteiger partial charge on any atom is 0.315 e. The molecule has 0 atom stereocenters. The Balaban J connectivity index is 2.17. The molecule has 22 heavy (non-hydrogen) atoms. The van der Waals surface area contributed by atoms with E-state index in [1.807, 2.05) is 27.0 Å². The highest BCUT2D eigenvalue weighted by atomic mass is 16.6. The third-order valence-corrected chi connectivity index (χ3v) is 3.50. The Bertz CT molecular complexity index is 757. The Morgan fingerprint density at radius 3 is 2.64 bits per heavy atom. The fourth-order valence-electron chi connectivity index (χ4n) is 2.20. The van der Waals surface area contributed by atoms with Gasteiger partial charge in [-0.15, -0.1) is 0 Å². The standard InChI is InChI=1S/C16H17N3O3/c1-10-13(11(2)19(3)18-10)8-16(20)22-14-6-5-12(9-17)7-15(14)21-4/h5-7H,8H2,1-4H3. The third kappa shape index (κ3) is 3.09. The van der Waals surface area contributed by atoms with Crippen molar-refractivity contribution in [1.29, 1.82) is 5.26 Å². The Morgan fingerprint density at radius 2 is 2.09 bits per heavy atom. The average Bonchev–Trinajstić information content (AvgIpc) is 2.74. The van der Waals surface area contributed by atoms with Crippen LogP contribution in [-0.2, 0) is 18.3 Å². The van der Waals surface area contributed by atoms with Crippen molar-refractivity contribution in [2.24, 2.45) is 7.05 Å². The fourth-order valence-corrected chi connectivity index (χ4v) is 2.20. The summed E-state index contributed by atoms with van der Waals surface area (Å²) in [4.78, 5) is 12.1. The monoisotopic (exact) mass is 299 g/mol. The van der Waals surface area contributed by atoms with E-state index in [1.165, 1.54) is 13.2 Å². The summed E-state index contributed by atoms with van der Waals surface area (Å²) in [6, 6.07) is 6.67. The molecule has 2 aromatic rings. The second-order valence-electron chi connectivity index (χ2n) is 4.90. The number of rotatable bonds is 4. The van der Waals surface area contributed by atoms with Crippen LogP contribution in [0.25, 0.3) is 0 Å². The van der Waals surface area contributed by atoms with Gasteiger partial charge in [-0.05, 0) is 26.0 Å². The Labute approximate surface area is 128 Å². The van der Waals surface area contributed by atoms with E-state index in [-0.39, 0.29) is 6.42 Å². The minimum Gasteiger partial charge on any atom is -0.493 e. The van der Waals surface area contributed by atoms with Crippen molar-refractivity contribution in [1.82, 2.24) is 9.78 Å². The van der Waals surface area contributed by atoms with E-state index in [9.17, 15) is 4.79 Å². The quantitative estimate of drug-likeness (QED) is 0.638. The van der Waals surface area contributed by atoms with Gasteiger partial charge in [0.05, 0.1) is 30.9 Å². The zero-order valence-electron chi connectivity index (χ0n) is 13.0. The van der Waals surface area contributed by atoms with Crippen molar-refractivity contribution < 1.29 is 14.3 Å². The lowest BCUT2D eigenvalue weighted by atomic mass is 10.1. The normalized spacial score (nSPS) is 10.1. The highest BCUT2D eigenvalue weighted by molar-refractivity contribution is 5.76. The molecule has 114 valence electrons. The number of ether oxygens (including phenoxy) is 2. The van der Waals surface area contributed by atoms with Gasteiger partial charge in [0.2, 0.25) is 0 Å². The Hall–Kier alpha value is -2.81. The number of aryl methyl sites for hydroxylation is 2. The third-order valence-electron chi connectivity index (χ3n) is 3.50. The number of hydrogen-bond acceptors (Lipinski definition) is 5. The molecule has 0 spiro atoms. The zero-order valence-corrected chi connectivity index (χ0v) is 13.0. The van der Waals surface area contributed by atoms with Gasteiger partial charge < -0.3 is 9.47 Å². The first-order chi connectivity index (χ1) is 10.5. The number of nitrogens with zero attached hydrogens (tertiary/aromatic N) is 3. The van der Waals surface area contributed by atoms with Crippen LogP contribution in [0.5, 0.6) is 11.5 Å². The van der Waals surface area contributed by atoms with Crippen LogP contribution >= 0.6 is 0 Å². The van der Waals surface area contributed by atoms with Crippen molar-refractivity contribution in [2.75, 3.05) is 7.11 Å². The number of esters is 1. The van der Waals surface area contributed by atoms with Gasteiger partial charge in [0.15, 0.2) is 11.5 Å². The van der Waals surface area contributed by atoms with Gasteiger partial charge in [-0.2, -0.15) is 10.4 Å². The summed E-state index contributed by atoms with van der Waals surface area (Å²) < 4.78 is 12.2. The van der Waals surface area contributed by atoms with Crippen molar-refractivity contribution in [3.63, 3.8) is 0 Å². The van der Waals surface area contributed by atoms with Crippen LogP contribution in [0.2, 0.25) is 0 Å². The van der Waals surface area contributed by atoms with E-state index in [2.05, 4.69) is 5.10 Å². The first-order valence-corrected chi connectivity index (χ1v) is 6.74. The lowest BCUT2D eigenvalue weighted by Crippen LogP contribution is -2.13. The van der Waals surface area contributed by atoms with Crippen LogP contribution in [0.4, 0.5) is 0 Å². The van der Waals surface area contributed by atoms with Crippen LogP contribution in [0.3, 0.4) is 0 Å². The lowest BCUT2D eigenvalue weighted by Gasteiger charge is -2.09. The summed E-state index contributed by atoms with van der Waals surface area (Å²) >= 11 is 0. The number of methoxy groups -OCH3 is 1. The second-order valence-corrected chi connectivity index (χ2v) is 4.90. The van der Waals surface area contributed by atoms with Crippen LogP contribution in [0, 0.1) is 25.2 Å². The number of aromatic nitrogens is 2. The first-order valence-electron chi connectivity index (χ1n) is 6.74. The molecule has 0 aliphatic heterocycles. The molecule has 0 bridgehead atoms. The molecule has 6 nitrogen and oxygen atoms in total. The molecule has 0 amide bonds. The molecule has 0 aliphatic rings. The molecule has 0 radical (unpaired) electrons. The first kappa shape index (κ1) is 15.6. The molecule has 0 fully saturated rings. The summed E-state index contributed by atoms with van der Waals surface area (Å²) in [6.07, 6.45) is 0.134. The van der Waals surface area contributed by atoms with E-state index in [1.54, 1.807) is 16.8 Å². The maximum absolute atomic E-state index is 12.1. The van der Waals surface area contributed by atoms with Gasteiger partial charge in [-0.1, -0.05) is 0 Å². The van der Waals surface area contributed by atoms with Gasteiger partial charge in [0.1, 0.15) is 0 Å². The topological polar surface area (TPSA) is 77.1 Å². The van der Waals surface area contributed by atoms with Gasteiger partial charge >= 0.3 is 5.97 Å². The number of nitriles is 1. The van der Waals surface area contributed by atoms with Crippen LogP contribution in [0.1, 0.15) is 22.5 Å². The highest BCUT2D eigenvalue weighted by Crippen LogP contribution is 2.28. The Kier molecular flexibility index (Phi) is 4.47. The highest BCUT2D eigenvalue weighted by Gasteiger charge is 2.16. The minimum absolute atomic E-state index is 0.134. The van der Waals surface area contributed by atoms with E-state index in [0.717, 1.165) is 17.0 Å². The summed E-state index contributed by atoms with van der Waals surface area (Å²) in [5.41, 5.74) is 3.04. The molecule has 1 aromatic heterocycles. The van der Waals surface area contributed by atoms with E-state index >= 15 is 0 Å². The summed E-state index contributed by atoms with van der Waals surface area (Å²) in [5, 5.41) is 13.1. The molecule has 1 heterocycles. The number of benzene rings is 1. The van der Waals surface area contributed by atoms with Crippen molar-refractivity contribution in [2.45, 2.75) is 20.3 Å². The molecule has 2 rings (SSSR count). The summed E-state index contributed by atoms with van der Waals surface area (Å²) in [7, 11) is 3.30. The largest absolute Gasteiger partial charge is 0.493 e. The lowest BCUT2D eigenvalue weighted by molar-refractivity contribution is -0.133. The van der Waals surface area contributed by atoms with Crippen molar-refractivity contribution in [3.05, 3.63) is 40.7 Å². The number of hydrogen-bond donors (Lipinski definition) is 0. The predicted molar refractivity (Wildman–Crippen MR) is 79.7 cm³/mol. The maximum atomic E-state index is 12.1. The van der Waals surface area contributed by atoms with Crippen LogP contribution in [0.15, 0.2) is 18.2 Å². The fraction of sp³-hybridized carbons (Fsp3) is 0.312. The van der Waals surface area contributed by atoms with Crippen molar-refractivity contribution in [3.8, 4) is 17.6 Å². The Morgan fingerprint density at radius 1 is 1.36 bits per heavy atom. The van der Waals surface area contributed by atoms with Gasteiger partial charge in [-0.3, -0.25) is 9.48 Å². The molecule has 0 N–H and O–H groups in total. The molecule has 0 saturated heterocycles. The number of carbonyl (C=O) groups is 1. The molecule has 0 unspecified atom stereocenters. The van der Waals surface area contributed by atoms with E-state index < -0.39 is 5.97 Å². The molecule has 0 saturated carbocycles. The van der Waals surface area contributed by atoms with Crippen LogP contribution in [-0.4, -0.2) is 22.9 Å². The van der Waals surface area contributed by atoms with Crippen molar-refractivity contribution >= 4 is 5.97 Å². The van der Waals surface area contributed by atoms with E-state index in [4.69, 9.17) is 14.7 Å². The summed E-state index contributed by atoms with van der Waals surface area (Å²) in [6.45, 7) is 3.77. The zero-order chi connectivity index (χ0) is 16.3. The van der Waals surface area contributed by atoms with Gasteiger partial charge in [0, 0.05) is 24.4 Å². The minimum atomic E-state index is -0.401. The van der Waals surface area contributed by atoms with Crippen LogP contribution < -0.4 is 9.47 Å².